The van der Waals surface area contributed by atoms with Crippen LogP contribution in [0.3, 0.4) is 0 Å². The summed E-state index contributed by atoms with van der Waals surface area (Å²) in [7, 11) is 0. The number of amides is 3. The fourth-order valence-corrected chi connectivity index (χ4v) is 4.34. The molecule has 4 rings (SSSR count). The molecule has 1 saturated heterocycles. The van der Waals surface area contributed by atoms with E-state index >= 15 is 0 Å². The lowest BCUT2D eigenvalue weighted by atomic mass is 9.89. The van der Waals surface area contributed by atoms with Crippen molar-refractivity contribution in [3.63, 3.8) is 0 Å². The fourth-order valence-electron chi connectivity index (χ4n) is 4.34. The van der Waals surface area contributed by atoms with Crippen molar-refractivity contribution < 1.29 is 14.4 Å². The maximum absolute atomic E-state index is 12.6. The molecule has 29 heavy (non-hydrogen) atoms. The zero-order chi connectivity index (χ0) is 20.4. The topological polar surface area (TPSA) is 57.7 Å². The standard InChI is InChI=1S/C24H26N2O3/c1-17-9-10-20-21(16-17)24(29)26(23(20)28)13-5-8-22(27)25-14-11-19(12-15-25)18-6-3-2-4-7-18/h2-4,6-7,9-10,16,19H,5,8,11-15H2,1H3. The number of likely N-dealkylation sites (tertiary alicyclic amines) is 1. The van der Waals surface area contributed by atoms with Crippen molar-refractivity contribution in [1.82, 2.24) is 9.80 Å². The van der Waals surface area contributed by atoms with Crippen LogP contribution in [0.4, 0.5) is 0 Å². The molecule has 0 aliphatic carbocycles. The number of carbonyl (C=O) groups excluding carboxylic acids is 3. The van der Waals surface area contributed by atoms with E-state index in [-0.39, 0.29) is 24.3 Å². The quantitative estimate of drug-likeness (QED) is 0.730. The van der Waals surface area contributed by atoms with Gasteiger partial charge in [0.15, 0.2) is 0 Å². The molecular formula is C24H26N2O3. The summed E-state index contributed by atoms with van der Waals surface area (Å²) in [6.45, 7) is 3.73. The number of rotatable bonds is 5. The number of aryl methyl sites for hydroxylation is 1. The molecule has 0 atom stereocenters. The number of nitrogens with zero attached hydrogens (tertiary/aromatic N) is 2. The summed E-state index contributed by atoms with van der Waals surface area (Å²) in [6.07, 6.45) is 2.82. The van der Waals surface area contributed by atoms with Crippen LogP contribution in [0.5, 0.6) is 0 Å². The molecule has 0 aromatic heterocycles. The van der Waals surface area contributed by atoms with Crippen molar-refractivity contribution in [1.29, 1.82) is 0 Å². The Balaban J connectivity index is 1.26. The third-order valence-corrected chi connectivity index (χ3v) is 6.02. The minimum Gasteiger partial charge on any atom is -0.343 e. The van der Waals surface area contributed by atoms with Crippen LogP contribution in [-0.2, 0) is 4.79 Å². The Kier molecular flexibility index (Phi) is 5.47. The SMILES string of the molecule is Cc1ccc2c(c1)C(=O)N(CCCC(=O)N1CCC(c3ccccc3)CC1)C2=O. The molecule has 0 spiro atoms. The number of carbonyl (C=O) groups is 3. The number of imide groups is 1. The Hall–Kier alpha value is -2.95. The lowest BCUT2D eigenvalue weighted by molar-refractivity contribution is -0.132. The average Bonchev–Trinajstić information content (AvgIpc) is 2.98. The van der Waals surface area contributed by atoms with Crippen LogP contribution < -0.4 is 0 Å². The molecule has 2 aromatic rings. The first kappa shape index (κ1) is 19.4. The van der Waals surface area contributed by atoms with Crippen molar-refractivity contribution in [3.8, 4) is 0 Å². The summed E-state index contributed by atoms with van der Waals surface area (Å²) in [4.78, 5) is 40.8. The molecule has 0 N–H and O–H groups in total. The average molecular weight is 390 g/mol. The highest BCUT2D eigenvalue weighted by Gasteiger charge is 2.35. The van der Waals surface area contributed by atoms with E-state index in [0.29, 0.717) is 29.9 Å². The van der Waals surface area contributed by atoms with Gasteiger partial charge in [0.05, 0.1) is 11.1 Å². The van der Waals surface area contributed by atoms with E-state index in [0.717, 1.165) is 31.5 Å². The van der Waals surface area contributed by atoms with E-state index < -0.39 is 0 Å². The van der Waals surface area contributed by atoms with Gasteiger partial charge in [-0.2, -0.15) is 0 Å². The molecule has 3 amide bonds. The molecular weight excluding hydrogens is 364 g/mol. The Morgan fingerprint density at radius 3 is 2.38 bits per heavy atom. The minimum absolute atomic E-state index is 0.115. The normalized spacial score (nSPS) is 17.0. The van der Waals surface area contributed by atoms with Gasteiger partial charge < -0.3 is 4.90 Å². The van der Waals surface area contributed by atoms with Gasteiger partial charge in [0.25, 0.3) is 11.8 Å². The lowest BCUT2D eigenvalue weighted by Crippen LogP contribution is -2.38. The number of hydrogen-bond donors (Lipinski definition) is 0. The van der Waals surface area contributed by atoms with Crippen molar-refractivity contribution in [2.24, 2.45) is 0 Å². The molecule has 5 nitrogen and oxygen atoms in total. The second kappa shape index (κ2) is 8.19. The summed E-state index contributed by atoms with van der Waals surface area (Å²) < 4.78 is 0. The molecule has 2 aliphatic heterocycles. The highest BCUT2D eigenvalue weighted by molar-refractivity contribution is 6.21. The predicted octanol–water partition coefficient (Wildman–Crippen LogP) is 3.78. The first-order valence-electron chi connectivity index (χ1n) is 10.3. The van der Waals surface area contributed by atoms with E-state index in [1.807, 2.05) is 24.0 Å². The van der Waals surface area contributed by atoms with Crippen molar-refractivity contribution >= 4 is 17.7 Å². The van der Waals surface area contributed by atoms with Crippen molar-refractivity contribution in [2.45, 2.75) is 38.5 Å². The van der Waals surface area contributed by atoms with E-state index in [9.17, 15) is 14.4 Å². The van der Waals surface area contributed by atoms with Crippen LogP contribution in [0.15, 0.2) is 48.5 Å². The molecule has 2 aromatic carbocycles. The van der Waals surface area contributed by atoms with Gasteiger partial charge in [-0.1, -0.05) is 42.0 Å². The molecule has 0 bridgehead atoms. The summed E-state index contributed by atoms with van der Waals surface area (Å²) >= 11 is 0. The monoisotopic (exact) mass is 390 g/mol. The maximum Gasteiger partial charge on any atom is 0.261 e. The zero-order valence-electron chi connectivity index (χ0n) is 16.8. The second-order valence-electron chi connectivity index (χ2n) is 7.98. The lowest BCUT2D eigenvalue weighted by Gasteiger charge is -2.32. The van der Waals surface area contributed by atoms with Crippen LogP contribution in [0.2, 0.25) is 0 Å². The van der Waals surface area contributed by atoms with Gasteiger partial charge in [-0.05, 0) is 49.8 Å². The molecule has 5 heteroatoms. The third-order valence-electron chi connectivity index (χ3n) is 6.02. The molecule has 0 unspecified atom stereocenters. The van der Waals surface area contributed by atoms with E-state index in [4.69, 9.17) is 0 Å². The first-order valence-corrected chi connectivity index (χ1v) is 10.3. The number of fused-ring (bicyclic) bond motifs is 1. The number of hydrogen-bond acceptors (Lipinski definition) is 3. The summed E-state index contributed by atoms with van der Waals surface area (Å²) in [5, 5.41) is 0. The van der Waals surface area contributed by atoms with Crippen LogP contribution in [0.25, 0.3) is 0 Å². The molecule has 2 heterocycles. The first-order chi connectivity index (χ1) is 14.0. The molecule has 0 saturated carbocycles. The van der Waals surface area contributed by atoms with Crippen LogP contribution >= 0.6 is 0 Å². The van der Waals surface area contributed by atoms with Gasteiger partial charge in [-0.15, -0.1) is 0 Å². The highest BCUT2D eigenvalue weighted by atomic mass is 16.2. The number of piperidine rings is 1. The van der Waals surface area contributed by atoms with Gasteiger partial charge in [0, 0.05) is 26.1 Å². The zero-order valence-corrected chi connectivity index (χ0v) is 16.8. The molecule has 0 radical (unpaired) electrons. The minimum atomic E-state index is -0.249. The molecule has 2 aliphatic rings. The second-order valence-corrected chi connectivity index (χ2v) is 7.98. The summed E-state index contributed by atoms with van der Waals surface area (Å²) in [5.74, 6) is 0.136. The van der Waals surface area contributed by atoms with Gasteiger partial charge in [0.1, 0.15) is 0 Å². The van der Waals surface area contributed by atoms with Crippen LogP contribution in [-0.4, -0.2) is 47.2 Å². The van der Waals surface area contributed by atoms with E-state index in [2.05, 4.69) is 24.3 Å². The summed E-state index contributed by atoms with van der Waals surface area (Å²) in [5.41, 5.74) is 3.25. The largest absolute Gasteiger partial charge is 0.343 e. The van der Waals surface area contributed by atoms with Gasteiger partial charge >= 0.3 is 0 Å². The van der Waals surface area contributed by atoms with Gasteiger partial charge in [-0.25, -0.2) is 0 Å². The Morgan fingerprint density at radius 2 is 1.66 bits per heavy atom. The van der Waals surface area contributed by atoms with Crippen LogP contribution in [0.1, 0.15) is 63.4 Å². The van der Waals surface area contributed by atoms with E-state index in [1.54, 1.807) is 12.1 Å². The Bertz CT molecular complexity index is 930. The van der Waals surface area contributed by atoms with Crippen molar-refractivity contribution in [3.05, 3.63) is 70.8 Å². The Morgan fingerprint density at radius 1 is 0.966 bits per heavy atom. The number of benzene rings is 2. The molecule has 150 valence electrons. The maximum atomic E-state index is 12.6. The van der Waals surface area contributed by atoms with Gasteiger partial charge in [-0.3, -0.25) is 19.3 Å². The fraction of sp³-hybridized carbons (Fsp3) is 0.375. The Labute approximate surface area is 171 Å². The van der Waals surface area contributed by atoms with Crippen molar-refractivity contribution in [2.75, 3.05) is 19.6 Å². The highest BCUT2D eigenvalue weighted by Crippen LogP contribution is 2.28. The van der Waals surface area contributed by atoms with E-state index in [1.165, 1.54) is 10.5 Å². The third kappa shape index (κ3) is 3.95. The predicted molar refractivity (Wildman–Crippen MR) is 111 cm³/mol. The molecule has 1 fully saturated rings. The van der Waals surface area contributed by atoms with Crippen LogP contribution in [0, 0.1) is 6.92 Å². The summed E-state index contributed by atoms with van der Waals surface area (Å²) in [6, 6.07) is 15.8. The van der Waals surface area contributed by atoms with Gasteiger partial charge in [0.2, 0.25) is 5.91 Å². The smallest absolute Gasteiger partial charge is 0.261 e.